The highest BCUT2D eigenvalue weighted by Crippen LogP contribution is 2.32. The van der Waals surface area contributed by atoms with E-state index in [1.54, 1.807) is 0 Å². The van der Waals surface area contributed by atoms with Crippen LogP contribution >= 0.6 is 0 Å². The second-order valence-electron chi connectivity index (χ2n) is 7.02. The van der Waals surface area contributed by atoms with Crippen molar-refractivity contribution >= 4 is 16.5 Å². The molecule has 0 amide bonds. The molecule has 0 aliphatic heterocycles. The number of allylic oxidation sites excluding steroid dienone is 1. The Morgan fingerprint density at radius 3 is 2.52 bits per heavy atom. The summed E-state index contributed by atoms with van der Waals surface area (Å²) in [6.07, 6.45) is 3.55. The normalized spacial score (nSPS) is 12.0. The maximum atomic E-state index is 4.19. The lowest BCUT2D eigenvalue weighted by molar-refractivity contribution is 0.282. The third kappa shape index (κ3) is 3.23. The summed E-state index contributed by atoms with van der Waals surface area (Å²) in [5.41, 5.74) is 5.59. The molecule has 2 aromatic rings. The molecule has 0 fully saturated rings. The van der Waals surface area contributed by atoms with E-state index < -0.39 is 0 Å². The van der Waals surface area contributed by atoms with E-state index in [1.807, 2.05) is 0 Å². The zero-order valence-electron chi connectivity index (χ0n) is 14.3. The van der Waals surface area contributed by atoms with Gasteiger partial charge in [0.25, 0.3) is 0 Å². The first-order valence-electron chi connectivity index (χ1n) is 8.16. The summed E-state index contributed by atoms with van der Waals surface area (Å²) in [7, 11) is 0. The van der Waals surface area contributed by atoms with Crippen molar-refractivity contribution in [1.29, 1.82) is 0 Å². The first-order chi connectivity index (χ1) is 9.89. The molecule has 0 spiro atoms. The molecule has 1 heteroatoms. The first kappa shape index (κ1) is 15.9. The Labute approximate surface area is 129 Å². The monoisotopic (exact) mass is 283 g/mol. The largest absolute Gasteiger partial charge is 0.340 e. The summed E-state index contributed by atoms with van der Waals surface area (Å²) in [4.78, 5) is 0. The molecule has 0 radical (unpaired) electrons. The number of hydrogen-bond acceptors (Lipinski definition) is 0. The van der Waals surface area contributed by atoms with E-state index in [9.17, 15) is 0 Å². The number of aromatic nitrogens is 1. The Hall–Kier alpha value is -1.50. The van der Waals surface area contributed by atoms with Crippen molar-refractivity contribution in [1.82, 2.24) is 4.57 Å². The maximum absolute atomic E-state index is 4.19. The van der Waals surface area contributed by atoms with E-state index >= 15 is 0 Å². The van der Waals surface area contributed by atoms with Crippen LogP contribution in [0.3, 0.4) is 0 Å². The topological polar surface area (TPSA) is 4.93 Å². The van der Waals surface area contributed by atoms with Crippen molar-refractivity contribution in [2.45, 2.75) is 60.4 Å². The molecule has 0 atom stereocenters. The summed E-state index contributed by atoms with van der Waals surface area (Å²) >= 11 is 0. The molecule has 0 aliphatic rings. The standard InChI is InChI=1S/C20H29N/c1-7-12-20(5,6)14-21-18(15(3)4)13-17-11-9-10-16(8-2)19(17)21/h9-11,13H,3,7-8,12,14H2,1-2,4-6H3. The van der Waals surface area contributed by atoms with Crippen molar-refractivity contribution in [2.24, 2.45) is 5.41 Å². The Morgan fingerprint density at radius 1 is 1.24 bits per heavy atom. The molecular formula is C20H29N. The lowest BCUT2D eigenvalue weighted by atomic mass is 9.87. The molecule has 21 heavy (non-hydrogen) atoms. The van der Waals surface area contributed by atoms with Gasteiger partial charge in [0.05, 0.1) is 5.52 Å². The Balaban J connectivity index is 2.63. The number of hydrogen-bond donors (Lipinski definition) is 0. The smallest absolute Gasteiger partial charge is 0.0517 e. The summed E-state index contributed by atoms with van der Waals surface area (Å²) in [6, 6.07) is 8.96. The van der Waals surface area contributed by atoms with Crippen LogP contribution < -0.4 is 0 Å². The van der Waals surface area contributed by atoms with Crippen molar-refractivity contribution in [3.8, 4) is 0 Å². The third-order valence-electron chi connectivity index (χ3n) is 4.33. The van der Waals surface area contributed by atoms with Gasteiger partial charge in [0, 0.05) is 17.6 Å². The van der Waals surface area contributed by atoms with E-state index in [-0.39, 0.29) is 0 Å². The minimum Gasteiger partial charge on any atom is -0.340 e. The Morgan fingerprint density at radius 2 is 1.95 bits per heavy atom. The van der Waals surface area contributed by atoms with Crippen LogP contribution in [0.2, 0.25) is 0 Å². The summed E-state index contributed by atoms with van der Waals surface area (Å²) < 4.78 is 2.51. The third-order valence-corrected chi connectivity index (χ3v) is 4.33. The van der Waals surface area contributed by atoms with Gasteiger partial charge in [0.15, 0.2) is 0 Å². The summed E-state index contributed by atoms with van der Waals surface area (Å²) in [5, 5.41) is 1.35. The number of fused-ring (bicyclic) bond motifs is 1. The lowest BCUT2D eigenvalue weighted by Crippen LogP contribution is -2.20. The maximum Gasteiger partial charge on any atom is 0.0517 e. The Kier molecular flexibility index (Phi) is 4.61. The van der Waals surface area contributed by atoms with Crippen LogP contribution in [-0.4, -0.2) is 4.57 Å². The summed E-state index contributed by atoms with van der Waals surface area (Å²) in [5.74, 6) is 0. The molecule has 0 N–H and O–H groups in total. The molecule has 0 saturated carbocycles. The van der Waals surface area contributed by atoms with Gasteiger partial charge in [-0.05, 0) is 42.4 Å². The number of benzene rings is 1. The lowest BCUT2D eigenvalue weighted by Gasteiger charge is -2.27. The van der Waals surface area contributed by atoms with E-state index in [1.165, 1.54) is 35.0 Å². The fourth-order valence-electron chi connectivity index (χ4n) is 3.39. The minimum absolute atomic E-state index is 0.311. The molecule has 1 aromatic heterocycles. The fraction of sp³-hybridized carbons (Fsp3) is 0.500. The zero-order valence-corrected chi connectivity index (χ0v) is 14.3. The van der Waals surface area contributed by atoms with Crippen molar-refractivity contribution in [3.63, 3.8) is 0 Å². The molecule has 1 aromatic carbocycles. The van der Waals surface area contributed by atoms with Gasteiger partial charge in [0.2, 0.25) is 0 Å². The zero-order chi connectivity index (χ0) is 15.6. The van der Waals surface area contributed by atoms with Gasteiger partial charge in [-0.15, -0.1) is 0 Å². The second kappa shape index (κ2) is 6.09. The summed E-state index contributed by atoms with van der Waals surface area (Å²) in [6.45, 7) is 16.6. The van der Waals surface area contributed by atoms with E-state index in [0.29, 0.717) is 5.41 Å². The number of rotatable bonds is 6. The molecule has 0 bridgehead atoms. The van der Waals surface area contributed by atoms with Crippen LogP contribution in [0.4, 0.5) is 0 Å². The highest BCUT2D eigenvalue weighted by Gasteiger charge is 2.21. The molecule has 1 heterocycles. The van der Waals surface area contributed by atoms with Crippen LogP contribution in [0, 0.1) is 5.41 Å². The van der Waals surface area contributed by atoms with Gasteiger partial charge in [-0.25, -0.2) is 0 Å². The quantitative estimate of drug-likeness (QED) is 0.607. The highest BCUT2D eigenvalue weighted by molar-refractivity contribution is 5.88. The van der Waals surface area contributed by atoms with Gasteiger partial charge in [-0.1, -0.05) is 58.9 Å². The van der Waals surface area contributed by atoms with Crippen LogP contribution in [0.5, 0.6) is 0 Å². The Bertz CT molecular complexity index is 643. The SMILES string of the molecule is C=C(C)c1cc2cccc(CC)c2n1CC(C)(C)CCC. The van der Waals surface area contributed by atoms with Crippen LogP contribution in [0.25, 0.3) is 16.5 Å². The number of nitrogens with zero attached hydrogens (tertiary/aromatic N) is 1. The van der Waals surface area contributed by atoms with Gasteiger partial charge >= 0.3 is 0 Å². The predicted octanol–water partition coefficient (Wildman–Crippen LogP) is 6.06. The first-order valence-corrected chi connectivity index (χ1v) is 8.16. The van der Waals surface area contributed by atoms with E-state index in [0.717, 1.165) is 18.5 Å². The molecule has 0 aliphatic carbocycles. The molecule has 0 unspecified atom stereocenters. The molecule has 1 nitrogen and oxygen atoms in total. The predicted molar refractivity (Wildman–Crippen MR) is 94.7 cm³/mol. The average Bonchev–Trinajstić information content (AvgIpc) is 2.77. The van der Waals surface area contributed by atoms with Crippen LogP contribution in [0.1, 0.15) is 58.7 Å². The van der Waals surface area contributed by atoms with Gasteiger partial charge in [0.1, 0.15) is 0 Å². The fourth-order valence-corrected chi connectivity index (χ4v) is 3.39. The van der Waals surface area contributed by atoms with Crippen molar-refractivity contribution in [3.05, 3.63) is 42.1 Å². The van der Waals surface area contributed by atoms with E-state index in [2.05, 4.69) is 70.0 Å². The average molecular weight is 283 g/mol. The molecule has 2 rings (SSSR count). The van der Waals surface area contributed by atoms with Gasteiger partial charge in [-0.2, -0.15) is 0 Å². The molecule has 0 saturated heterocycles. The highest BCUT2D eigenvalue weighted by atomic mass is 15.0. The second-order valence-corrected chi connectivity index (χ2v) is 7.02. The van der Waals surface area contributed by atoms with Crippen molar-refractivity contribution in [2.75, 3.05) is 0 Å². The van der Waals surface area contributed by atoms with E-state index in [4.69, 9.17) is 0 Å². The van der Waals surface area contributed by atoms with Gasteiger partial charge < -0.3 is 4.57 Å². The molecular weight excluding hydrogens is 254 g/mol. The van der Waals surface area contributed by atoms with Crippen molar-refractivity contribution < 1.29 is 0 Å². The number of aryl methyl sites for hydroxylation is 1. The molecule has 114 valence electrons. The van der Waals surface area contributed by atoms with Gasteiger partial charge in [-0.3, -0.25) is 0 Å². The van der Waals surface area contributed by atoms with Crippen LogP contribution in [-0.2, 0) is 13.0 Å². The number of para-hydroxylation sites is 1. The van der Waals surface area contributed by atoms with Crippen LogP contribution in [0.15, 0.2) is 30.8 Å². The minimum atomic E-state index is 0.311.